The largest absolute Gasteiger partial charge is 0.0530 e. The highest BCUT2D eigenvalue weighted by Crippen LogP contribution is 2.26. The molecule has 0 aromatic rings. The van der Waals surface area contributed by atoms with Gasteiger partial charge in [-0.2, -0.15) is 0 Å². The molecule has 0 saturated heterocycles. The van der Waals surface area contributed by atoms with Crippen LogP contribution in [0.3, 0.4) is 0 Å². The fraction of sp³-hybridized carbons (Fsp3) is 0.857. The molecule has 2 radical (unpaired) electrons. The van der Waals surface area contributed by atoms with Crippen LogP contribution in [-0.4, -0.2) is 0 Å². The summed E-state index contributed by atoms with van der Waals surface area (Å²) >= 11 is 0. The van der Waals surface area contributed by atoms with E-state index in [1.54, 1.807) is 0 Å². The van der Waals surface area contributed by atoms with Gasteiger partial charge in [0.25, 0.3) is 0 Å². The molecule has 0 aliphatic heterocycles. The Morgan fingerprint density at radius 2 is 1.86 bits per heavy atom. The average Bonchev–Trinajstić information content (AvgIpc) is 2.14. The Morgan fingerprint density at radius 3 is 2.14 bits per heavy atom. The summed E-state index contributed by atoms with van der Waals surface area (Å²) in [6.45, 7) is 5.43. The molecule has 40 valence electrons. The summed E-state index contributed by atoms with van der Waals surface area (Å²) < 4.78 is 0. The maximum Gasteiger partial charge on any atom is -0.0349 e. The lowest BCUT2D eigenvalue weighted by Crippen LogP contribution is -1.86. The van der Waals surface area contributed by atoms with Crippen LogP contribution in [0.4, 0.5) is 0 Å². The van der Waals surface area contributed by atoms with Crippen LogP contribution < -0.4 is 0 Å². The van der Waals surface area contributed by atoms with Crippen molar-refractivity contribution in [2.75, 3.05) is 0 Å². The van der Waals surface area contributed by atoms with E-state index in [1.165, 1.54) is 25.7 Å². The minimum Gasteiger partial charge on any atom is -0.0530 e. The predicted octanol–water partition coefficient (Wildman–Crippen LogP) is 2.28. The smallest absolute Gasteiger partial charge is 0.0349 e. The van der Waals surface area contributed by atoms with E-state index in [0.29, 0.717) is 0 Å². The van der Waals surface area contributed by atoms with Crippen molar-refractivity contribution in [2.45, 2.75) is 32.1 Å². The van der Waals surface area contributed by atoms with Gasteiger partial charge in [-0.1, -0.05) is 25.7 Å². The highest BCUT2D eigenvalue weighted by atomic mass is 14.2. The number of hydrogen-bond donors (Lipinski definition) is 0. The van der Waals surface area contributed by atoms with Gasteiger partial charge in [0.05, 0.1) is 0 Å². The predicted molar refractivity (Wildman–Crippen MR) is 30.9 cm³/mol. The molecular weight excluding hydrogens is 84.1 g/mol. The zero-order valence-electron chi connectivity index (χ0n) is 4.69. The Balaban J connectivity index is 2.14. The third-order valence-electron chi connectivity index (χ3n) is 1.81. The van der Waals surface area contributed by atoms with E-state index >= 15 is 0 Å². The fourth-order valence-electron chi connectivity index (χ4n) is 1.25. The topological polar surface area (TPSA) is 0 Å². The summed E-state index contributed by atoms with van der Waals surface area (Å²) in [6.07, 6.45) is 6.52. The van der Waals surface area contributed by atoms with Gasteiger partial charge in [-0.25, -0.2) is 0 Å². The molecule has 0 spiro atoms. The molecule has 0 bridgehead atoms. The summed E-state index contributed by atoms with van der Waals surface area (Å²) in [5.74, 6) is 0.875. The minimum absolute atomic E-state index is 0.875. The average molecular weight is 96.2 g/mol. The van der Waals surface area contributed by atoms with Crippen molar-refractivity contribution >= 4 is 0 Å². The monoisotopic (exact) mass is 96.1 g/mol. The second kappa shape index (κ2) is 2.34. The van der Waals surface area contributed by atoms with Crippen molar-refractivity contribution in [2.24, 2.45) is 5.92 Å². The first-order valence-electron chi connectivity index (χ1n) is 3.13. The molecular formula is C7H12. The summed E-state index contributed by atoms with van der Waals surface area (Å²) in [5, 5.41) is 0. The second-order valence-electron chi connectivity index (χ2n) is 2.39. The van der Waals surface area contributed by atoms with Gasteiger partial charge in [0.2, 0.25) is 0 Å². The van der Waals surface area contributed by atoms with Gasteiger partial charge >= 0.3 is 0 Å². The fourth-order valence-corrected chi connectivity index (χ4v) is 1.25. The molecule has 0 aromatic carbocycles. The van der Waals surface area contributed by atoms with Crippen LogP contribution in [-0.2, 0) is 0 Å². The lowest BCUT2D eigenvalue weighted by molar-refractivity contribution is 0.556. The highest BCUT2D eigenvalue weighted by Gasteiger charge is 2.11. The van der Waals surface area contributed by atoms with Gasteiger partial charge < -0.3 is 0 Å². The third-order valence-corrected chi connectivity index (χ3v) is 1.81. The number of rotatable bonds is 1. The molecule has 0 nitrogen and oxygen atoms in total. The van der Waals surface area contributed by atoms with Crippen LogP contribution in [0.2, 0.25) is 0 Å². The van der Waals surface area contributed by atoms with Crippen molar-refractivity contribution in [3.63, 3.8) is 0 Å². The zero-order chi connectivity index (χ0) is 5.11. The Morgan fingerprint density at radius 1 is 1.29 bits per heavy atom. The molecule has 7 heavy (non-hydrogen) atoms. The maximum atomic E-state index is 5.43. The molecule has 0 heterocycles. The molecule has 0 atom stereocenters. The molecule has 1 rings (SSSR count). The van der Waals surface area contributed by atoms with Crippen molar-refractivity contribution in [3.05, 3.63) is 6.92 Å². The first-order chi connectivity index (χ1) is 3.43. The van der Waals surface area contributed by atoms with Crippen molar-refractivity contribution in [3.8, 4) is 0 Å². The SMILES string of the molecule is [CH]CC1CCCC1. The summed E-state index contributed by atoms with van der Waals surface area (Å²) in [5.41, 5.74) is 0. The maximum absolute atomic E-state index is 5.43. The molecule has 0 N–H and O–H groups in total. The van der Waals surface area contributed by atoms with Crippen LogP contribution in [0, 0.1) is 12.8 Å². The van der Waals surface area contributed by atoms with Gasteiger partial charge in [-0.05, 0) is 19.3 Å². The van der Waals surface area contributed by atoms with Crippen LogP contribution >= 0.6 is 0 Å². The van der Waals surface area contributed by atoms with Gasteiger partial charge in [0.1, 0.15) is 0 Å². The zero-order valence-corrected chi connectivity index (χ0v) is 4.69. The summed E-state index contributed by atoms with van der Waals surface area (Å²) in [4.78, 5) is 0. The van der Waals surface area contributed by atoms with Gasteiger partial charge in [0.15, 0.2) is 0 Å². The lowest BCUT2D eigenvalue weighted by Gasteiger charge is -1.99. The number of hydrogen-bond acceptors (Lipinski definition) is 0. The summed E-state index contributed by atoms with van der Waals surface area (Å²) in [7, 11) is 0. The van der Waals surface area contributed by atoms with Gasteiger partial charge in [0, 0.05) is 0 Å². The summed E-state index contributed by atoms with van der Waals surface area (Å²) in [6, 6.07) is 0. The van der Waals surface area contributed by atoms with E-state index in [2.05, 4.69) is 0 Å². The van der Waals surface area contributed by atoms with Crippen molar-refractivity contribution in [1.82, 2.24) is 0 Å². The highest BCUT2D eigenvalue weighted by molar-refractivity contribution is 4.67. The first-order valence-corrected chi connectivity index (χ1v) is 3.13. The van der Waals surface area contributed by atoms with E-state index in [9.17, 15) is 0 Å². The van der Waals surface area contributed by atoms with E-state index in [1.807, 2.05) is 0 Å². The Bertz CT molecular complexity index is 42.0. The Hall–Kier alpha value is 0. The molecule has 0 aromatic heterocycles. The molecule has 1 fully saturated rings. The van der Waals surface area contributed by atoms with Crippen molar-refractivity contribution in [1.29, 1.82) is 0 Å². The van der Waals surface area contributed by atoms with Gasteiger partial charge in [-0.3, -0.25) is 0 Å². The van der Waals surface area contributed by atoms with Crippen LogP contribution in [0.5, 0.6) is 0 Å². The molecule has 0 amide bonds. The Labute approximate surface area is 45.9 Å². The van der Waals surface area contributed by atoms with Crippen LogP contribution in [0.15, 0.2) is 0 Å². The molecule has 1 aliphatic rings. The minimum atomic E-state index is 0.875. The lowest BCUT2D eigenvalue weighted by atomic mass is 10.1. The first kappa shape index (κ1) is 5.14. The standard InChI is InChI=1S/C7H12/c1-2-7-5-3-4-6-7/h1,7H,2-6H2. The van der Waals surface area contributed by atoms with E-state index in [0.717, 1.165) is 12.3 Å². The van der Waals surface area contributed by atoms with Gasteiger partial charge in [-0.15, -0.1) is 0 Å². The molecule has 0 unspecified atom stereocenters. The second-order valence-corrected chi connectivity index (χ2v) is 2.39. The Kier molecular flexibility index (Phi) is 1.72. The van der Waals surface area contributed by atoms with Crippen LogP contribution in [0.25, 0.3) is 0 Å². The quantitative estimate of drug-likeness (QED) is 0.469. The normalized spacial score (nSPS) is 23.6. The third kappa shape index (κ3) is 1.19. The molecule has 0 heteroatoms. The molecule has 1 saturated carbocycles. The molecule has 1 aliphatic carbocycles. The van der Waals surface area contributed by atoms with E-state index in [4.69, 9.17) is 6.92 Å². The van der Waals surface area contributed by atoms with Crippen LogP contribution in [0.1, 0.15) is 32.1 Å². The van der Waals surface area contributed by atoms with E-state index < -0.39 is 0 Å². The van der Waals surface area contributed by atoms with E-state index in [-0.39, 0.29) is 0 Å². The van der Waals surface area contributed by atoms with Crippen molar-refractivity contribution < 1.29 is 0 Å².